The van der Waals surface area contributed by atoms with E-state index in [1.807, 2.05) is 38.1 Å². The molecule has 0 atom stereocenters. The maximum absolute atomic E-state index is 12.9. The molecular weight excluding hydrogens is 356 g/mol. The summed E-state index contributed by atoms with van der Waals surface area (Å²) in [6.07, 6.45) is 0. The quantitative estimate of drug-likeness (QED) is 0.681. The summed E-state index contributed by atoms with van der Waals surface area (Å²) in [6, 6.07) is 11.1. The van der Waals surface area contributed by atoms with Crippen molar-refractivity contribution in [2.45, 2.75) is 25.3 Å². The van der Waals surface area contributed by atoms with Gasteiger partial charge in [0.25, 0.3) is 0 Å². The van der Waals surface area contributed by atoms with Gasteiger partial charge in [0.05, 0.1) is 28.8 Å². The van der Waals surface area contributed by atoms with Gasteiger partial charge in [0, 0.05) is 7.05 Å². The van der Waals surface area contributed by atoms with E-state index in [0.717, 1.165) is 26.4 Å². The van der Waals surface area contributed by atoms with Crippen LogP contribution in [0.3, 0.4) is 0 Å². The number of fused-ring (bicyclic) bond motifs is 1. The van der Waals surface area contributed by atoms with Crippen molar-refractivity contribution in [1.29, 1.82) is 0 Å². The van der Waals surface area contributed by atoms with Crippen LogP contribution < -0.4 is 4.74 Å². The van der Waals surface area contributed by atoms with Crippen LogP contribution in [-0.2, 0) is 16.6 Å². The third-order valence-corrected chi connectivity index (χ3v) is 6.84. The summed E-state index contributed by atoms with van der Waals surface area (Å²) < 4.78 is 33.5. The molecule has 0 aliphatic rings. The van der Waals surface area contributed by atoms with Crippen molar-refractivity contribution >= 4 is 31.6 Å². The molecule has 7 heteroatoms. The highest BCUT2D eigenvalue weighted by Gasteiger charge is 2.24. The first-order chi connectivity index (χ1) is 11.8. The first-order valence-corrected chi connectivity index (χ1v) is 10.0. The molecule has 1 aromatic heterocycles. The Morgan fingerprint density at radius 2 is 1.80 bits per heavy atom. The normalized spacial score (nSPS) is 12.0. The standard InChI is InChI=1S/C18H20N2O3S2/c1-12-9-14(10-13(2)18(12)23-4)25(21,22)20(3)11-17-19-15-7-5-6-8-16(15)24-17/h5-10H,11H2,1-4H3. The van der Waals surface area contributed by atoms with Crippen LogP contribution in [0.2, 0.25) is 0 Å². The second-order valence-corrected chi connectivity index (χ2v) is 9.09. The summed E-state index contributed by atoms with van der Waals surface area (Å²) in [5, 5.41) is 0.772. The number of nitrogens with zero attached hydrogens (tertiary/aromatic N) is 2. The van der Waals surface area contributed by atoms with E-state index >= 15 is 0 Å². The van der Waals surface area contributed by atoms with Crippen LogP contribution >= 0.6 is 11.3 Å². The lowest BCUT2D eigenvalue weighted by molar-refractivity contribution is 0.408. The summed E-state index contributed by atoms with van der Waals surface area (Å²) in [7, 11) is -0.434. The molecule has 0 aliphatic carbocycles. The molecule has 0 aliphatic heterocycles. The summed E-state index contributed by atoms with van der Waals surface area (Å²) in [4.78, 5) is 4.79. The molecule has 0 fully saturated rings. The highest BCUT2D eigenvalue weighted by molar-refractivity contribution is 7.89. The number of rotatable bonds is 5. The zero-order valence-corrected chi connectivity index (χ0v) is 16.2. The van der Waals surface area contributed by atoms with Crippen LogP contribution in [0.5, 0.6) is 5.75 Å². The fourth-order valence-electron chi connectivity index (χ4n) is 2.82. The average molecular weight is 377 g/mol. The first kappa shape index (κ1) is 17.8. The van der Waals surface area contributed by atoms with Crippen molar-refractivity contribution in [1.82, 2.24) is 9.29 Å². The molecule has 25 heavy (non-hydrogen) atoms. The third kappa shape index (κ3) is 3.40. The van der Waals surface area contributed by atoms with Gasteiger partial charge in [-0.05, 0) is 49.2 Å². The lowest BCUT2D eigenvalue weighted by Crippen LogP contribution is -2.26. The van der Waals surface area contributed by atoms with E-state index in [2.05, 4.69) is 4.98 Å². The summed E-state index contributed by atoms with van der Waals surface area (Å²) in [5.74, 6) is 0.716. The van der Waals surface area contributed by atoms with Gasteiger partial charge in [0.2, 0.25) is 10.0 Å². The number of ether oxygens (including phenoxy) is 1. The van der Waals surface area contributed by atoms with E-state index in [9.17, 15) is 8.42 Å². The molecule has 0 unspecified atom stereocenters. The molecule has 0 spiro atoms. The van der Waals surface area contributed by atoms with Gasteiger partial charge in [-0.25, -0.2) is 13.4 Å². The Balaban J connectivity index is 1.91. The molecule has 0 radical (unpaired) electrons. The van der Waals surface area contributed by atoms with Crippen molar-refractivity contribution < 1.29 is 13.2 Å². The molecule has 1 heterocycles. The Hall–Kier alpha value is -1.96. The van der Waals surface area contributed by atoms with Crippen LogP contribution in [0.4, 0.5) is 0 Å². The fraction of sp³-hybridized carbons (Fsp3) is 0.278. The Morgan fingerprint density at radius 1 is 1.16 bits per heavy atom. The molecule has 5 nitrogen and oxygen atoms in total. The molecule has 132 valence electrons. The van der Waals surface area contributed by atoms with Crippen LogP contribution in [0.15, 0.2) is 41.3 Å². The van der Waals surface area contributed by atoms with Gasteiger partial charge in [-0.15, -0.1) is 11.3 Å². The molecule has 3 rings (SSSR count). The number of thiazole rings is 1. The van der Waals surface area contributed by atoms with E-state index in [-0.39, 0.29) is 11.4 Å². The summed E-state index contributed by atoms with van der Waals surface area (Å²) >= 11 is 1.51. The molecule has 0 bridgehead atoms. The van der Waals surface area contributed by atoms with Crippen LogP contribution in [0, 0.1) is 13.8 Å². The van der Waals surface area contributed by atoms with Gasteiger partial charge in [-0.2, -0.15) is 4.31 Å². The van der Waals surface area contributed by atoms with Crippen molar-refractivity contribution in [2.24, 2.45) is 0 Å². The number of aryl methyl sites for hydroxylation is 2. The van der Waals surface area contributed by atoms with Gasteiger partial charge in [-0.1, -0.05) is 12.1 Å². The highest BCUT2D eigenvalue weighted by atomic mass is 32.2. The Morgan fingerprint density at radius 3 is 2.40 bits per heavy atom. The van der Waals surface area contributed by atoms with Crippen molar-refractivity contribution in [3.63, 3.8) is 0 Å². The van der Waals surface area contributed by atoms with Gasteiger partial charge >= 0.3 is 0 Å². The van der Waals surface area contributed by atoms with Gasteiger partial charge < -0.3 is 4.74 Å². The predicted octanol–water partition coefficient (Wildman–Crippen LogP) is 3.74. The average Bonchev–Trinajstić information content (AvgIpc) is 2.96. The number of hydrogen-bond donors (Lipinski definition) is 0. The first-order valence-electron chi connectivity index (χ1n) is 7.79. The van der Waals surface area contributed by atoms with Gasteiger partial charge in [0.15, 0.2) is 0 Å². The lowest BCUT2D eigenvalue weighted by Gasteiger charge is -2.18. The molecular formula is C18H20N2O3S2. The molecule has 2 aromatic carbocycles. The molecule has 0 N–H and O–H groups in total. The Kier molecular flexibility index (Phi) is 4.81. The fourth-order valence-corrected chi connectivity index (χ4v) is 5.23. The zero-order chi connectivity index (χ0) is 18.2. The topological polar surface area (TPSA) is 59.5 Å². The third-order valence-electron chi connectivity index (χ3n) is 4.04. The van der Waals surface area contributed by atoms with E-state index in [1.54, 1.807) is 26.3 Å². The minimum Gasteiger partial charge on any atom is -0.496 e. The Bertz CT molecular complexity index is 970. The smallest absolute Gasteiger partial charge is 0.243 e. The van der Waals surface area contributed by atoms with E-state index < -0.39 is 10.0 Å². The Labute approximate surface area is 151 Å². The number of para-hydroxylation sites is 1. The second kappa shape index (κ2) is 6.74. The molecule has 0 saturated heterocycles. The van der Waals surface area contributed by atoms with E-state index in [0.29, 0.717) is 5.75 Å². The minimum atomic E-state index is -3.60. The zero-order valence-electron chi connectivity index (χ0n) is 14.6. The molecule has 0 amide bonds. The monoisotopic (exact) mass is 376 g/mol. The maximum Gasteiger partial charge on any atom is 0.243 e. The number of sulfonamides is 1. The highest BCUT2D eigenvalue weighted by Crippen LogP contribution is 2.29. The number of methoxy groups -OCH3 is 1. The SMILES string of the molecule is COc1c(C)cc(S(=O)(=O)N(C)Cc2nc3ccccc3s2)cc1C. The van der Waals surface area contributed by atoms with Gasteiger partial charge in [0.1, 0.15) is 10.8 Å². The van der Waals surface area contributed by atoms with E-state index in [4.69, 9.17) is 4.74 Å². The summed E-state index contributed by atoms with van der Waals surface area (Å²) in [6.45, 7) is 3.93. The van der Waals surface area contributed by atoms with Crippen LogP contribution in [0.1, 0.15) is 16.1 Å². The second-order valence-electron chi connectivity index (χ2n) is 5.93. The van der Waals surface area contributed by atoms with Crippen LogP contribution in [0.25, 0.3) is 10.2 Å². The minimum absolute atomic E-state index is 0.242. The number of benzene rings is 2. The predicted molar refractivity (Wildman–Crippen MR) is 101 cm³/mol. The number of aromatic nitrogens is 1. The summed E-state index contributed by atoms with van der Waals surface area (Å²) in [5.41, 5.74) is 2.49. The van der Waals surface area contributed by atoms with Gasteiger partial charge in [-0.3, -0.25) is 0 Å². The largest absolute Gasteiger partial charge is 0.496 e. The van der Waals surface area contributed by atoms with Crippen molar-refractivity contribution in [3.05, 3.63) is 52.5 Å². The molecule has 3 aromatic rings. The molecule has 0 saturated carbocycles. The van der Waals surface area contributed by atoms with Crippen molar-refractivity contribution in [3.8, 4) is 5.75 Å². The van der Waals surface area contributed by atoms with Crippen LogP contribution in [-0.4, -0.2) is 31.9 Å². The number of hydrogen-bond acceptors (Lipinski definition) is 5. The maximum atomic E-state index is 12.9. The van der Waals surface area contributed by atoms with E-state index in [1.165, 1.54) is 15.6 Å². The lowest BCUT2D eigenvalue weighted by atomic mass is 10.1. The van der Waals surface area contributed by atoms with Crippen molar-refractivity contribution in [2.75, 3.05) is 14.2 Å².